The molecule has 0 aliphatic rings. The second kappa shape index (κ2) is 8.35. The Morgan fingerprint density at radius 2 is 1.70 bits per heavy atom. The van der Waals surface area contributed by atoms with Gasteiger partial charge in [0, 0.05) is 5.69 Å². The summed E-state index contributed by atoms with van der Waals surface area (Å²) in [6, 6.07) is 9.49. The first-order chi connectivity index (χ1) is 12.6. The van der Waals surface area contributed by atoms with Crippen molar-refractivity contribution in [1.29, 1.82) is 0 Å². The largest absolute Gasteiger partial charge is 0.481 e. The predicted molar refractivity (Wildman–Crippen MR) is 106 cm³/mol. The van der Waals surface area contributed by atoms with Crippen molar-refractivity contribution in [2.75, 3.05) is 5.32 Å². The Labute approximate surface area is 162 Å². The van der Waals surface area contributed by atoms with E-state index in [-0.39, 0.29) is 17.7 Å². The number of hydrogen-bond donors (Lipinski definition) is 3. The summed E-state index contributed by atoms with van der Waals surface area (Å²) in [6.45, 7) is 6.96. The van der Waals surface area contributed by atoms with E-state index in [2.05, 4.69) is 10.6 Å². The minimum Gasteiger partial charge on any atom is -0.481 e. The van der Waals surface area contributed by atoms with Gasteiger partial charge in [-0.15, -0.1) is 11.3 Å². The van der Waals surface area contributed by atoms with Gasteiger partial charge in [-0.3, -0.25) is 14.4 Å². The average Bonchev–Trinajstić information content (AvgIpc) is 3.14. The molecule has 0 bridgehead atoms. The number of carboxylic acid groups (broad SMARTS) is 1. The van der Waals surface area contributed by atoms with Crippen molar-refractivity contribution in [2.24, 2.45) is 5.92 Å². The summed E-state index contributed by atoms with van der Waals surface area (Å²) in [5.74, 6) is -1.62. The minimum absolute atomic E-state index is 0.0980. The zero-order valence-electron chi connectivity index (χ0n) is 15.8. The summed E-state index contributed by atoms with van der Waals surface area (Å²) < 4.78 is 0. The molecule has 1 heterocycles. The van der Waals surface area contributed by atoms with E-state index in [1.54, 1.807) is 55.6 Å². The van der Waals surface area contributed by atoms with Crippen molar-refractivity contribution in [3.8, 4) is 0 Å². The first kappa shape index (κ1) is 20.6. The molecule has 2 amide bonds. The lowest BCUT2D eigenvalue weighted by Gasteiger charge is -2.22. The summed E-state index contributed by atoms with van der Waals surface area (Å²) in [4.78, 5) is 36.8. The maximum absolute atomic E-state index is 12.6. The van der Waals surface area contributed by atoms with Gasteiger partial charge in [0.15, 0.2) is 0 Å². The van der Waals surface area contributed by atoms with Crippen molar-refractivity contribution in [3.63, 3.8) is 0 Å². The molecule has 0 aliphatic carbocycles. The molecular weight excluding hydrogens is 364 g/mol. The van der Waals surface area contributed by atoms with Crippen molar-refractivity contribution < 1.29 is 19.5 Å². The van der Waals surface area contributed by atoms with Crippen LogP contribution in [0.15, 0.2) is 41.8 Å². The van der Waals surface area contributed by atoms with Crippen LogP contribution in [0.25, 0.3) is 0 Å². The van der Waals surface area contributed by atoms with E-state index in [4.69, 9.17) is 0 Å². The van der Waals surface area contributed by atoms with Crippen LogP contribution in [0.1, 0.15) is 42.9 Å². The summed E-state index contributed by atoms with van der Waals surface area (Å²) in [5, 5.41) is 16.7. The molecule has 1 atom stereocenters. The van der Waals surface area contributed by atoms with Gasteiger partial charge in [0.2, 0.25) is 5.91 Å². The third-order valence-electron chi connectivity index (χ3n) is 4.39. The summed E-state index contributed by atoms with van der Waals surface area (Å²) >= 11 is 1.31. The molecule has 0 aliphatic heterocycles. The van der Waals surface area contributed by atoms with Crippen LogP contribution in [0.2, 0.25) is 0 Å². The Balaban J connectivity index is 2.09. The number of benzene rings is 1. The van der Waals surface area contributed by atoms with Crippen molar-refractivity contribution in [3.05, 3.63) is 52.2 Å². The molecule has 0 saturated carbocycles. The SMILES string of the molecule is CC(C)C(NC(=O)c1cccs1)C(=O)Nc1ccc(C(C)(C)C(=O)O)cc1. The third-order valence-corrected chi connectivity index (χ3v) is 5.26. The number of carbonyl (C=O) groups is 3. The zero-order chi connectivity index (χ0) is 20.2. The number of amides is 2. The highest BCUT2D eigenvalue weighted by atomic mass is 32.1. The van der Waals surface area contributed by atoms with Gasteiger partial charge in [0.25, 0.3) is 5.91 Å². The fourth-order valence-corrected chi connectivity index (χ4v) is 3.10. The van der Waals surface area contributed by atoms with Gasteiger partial charge >= 0.3 is 5.97 Å². The van der Waals surface area contributed by atoms with Crippen molar-refractivity contribution >= 4 is 34.8 Å². The monoisotopic (exact) mass is 388 g/mol. The zero-order valence-corrected chi connectivity index (χ0v) is 16.6. The standard InChI is InChI=1S/C20H24N2O4S/c1-12(2)16(22-17(23)15-6-5-11-27-15)18(24)21-14-9-7-13(8-10-14)20(3,4)19(25)26/h5-12,16H,1-4H3,(H,21,24)(H,22,23)(H,25,26). The first-order valence-corrected chi connectivity index (χ1v) is 9.50. The van der Waals surface area contributed by atoms with E-state index in [0.29, 0.717) is 16.1 Å². The third kappa shape index (κ3) is 4.95. The van der Waals surface area contributed by atoms with Gasteiger partial charge in [-0.2, -0.15) is 0 Å². The van der Waals surface area contributed by atoms with E-state index in [9.17, 15) is 19.5 Å². The molecular formula is C20H24N2O4S. The van der Waals surface area contributed by atoms with Crippen LogP contribution in [0, 0.1) is 5.92 Å². The second-order valence-corrected chi connectivity index (χ2v) is 8.12. The summed E-state index contributed by atoms with van der Waals surface area (Å²) in [7, 11) is 0. The maximum atomic E-state index is 12.6. The normalized spacial score (nSPS) is 12.5. The molecule has 0 radical (unpaired) electrons. The molecule has 3 N–H and O–H groups in total. The highest BCUT2D eigenvalue weighted by molar-refractivity contribution is 7.12. The summed E-state index contributed by atoms with van der Waals surface area (Å²) in [5.41, 5.74) is 0.165. The van der Waals surface area contributed by atoms with Crippen LogP contribution < -0.4 is 10.6 Å². The molecule has 1 aromatic heterocycles. The van der Waals surface area contributed by atoms with Gasteiger partial charge in [-0.1, -0.05) is 32.0 Å². The predicted octanol–water partition coefficient (Wildman–Crippen LogP) is 3.50. The molecule has 1 unspecified atom stereocenters. The van der Waals surface area contributed by atoms with Gasteiger partial charge in [0.1, 0.15) is 6.04 Å². The lowest BCUT2D eigenvalue weighted by molar-refractivity contribution is -0.142. The van der Waals surface area contributed by atoms with Crippen LogP contribution in [0.4, 0.5) is 5.69 Å². The molecule has 2 aromatic rings. The van der Waals surface area contributed by atoms with E-state index in [1.807, 2.05) is 13.8 Å². The molecule has 0 spiro atoms. The number of aliphatic carboxylic acids is 1. The lowest BCUT2D eigenvalue weighted by Crippen LogP contribution is -2.46. The molecule has 1 aromatic carbocycles. The number of rotatable bonds is 7. The topological polar surface area (TPSA) is 95.5 Å². The van der Waals surface area contributed by atoms with Crippen LogP contribution in [0.5, 0.6) is 0 Å². The number of anilines is 1. The fraction of sp³-hybridized carbons (Fsp3) is 0.350. The molecule has 0 saturated heterocycles. The summed E-state index contributed by atoms with van der Waals surface area (Å²) in [6.07, 6.45) is 0. The second-order valence-electron chi connectivity index (χ2n) is 7.17. The Morgan fingerprint density at radius 1 is 1.07 bits per heavy atom. The van der Waals surface area contributed by atoms with E-state index < -0.39 is 17.4 Å². The number of thiophene rings is 1. The van der Waals surface area contributed by atoms with Gasteiger partial charge in [0.05, 0.1) is 10.3 Å². The number of carboxylic acids is 1. The number of hydrogen-bond acceptors (Lipinski definition) is 4. The Morgan fingerprint density at radius 3 is 2.19 bits per heavy atom. The smallest absolute Gasteiger partial charge is 0.313 e. The van der Waals surface area contributed by atoms with Crippen LogP contribution in [0.3, 0.4) is 0 Å². The molecule has 0 fully saturated rings. The van der Waals surface area contributed by atoms with E-state index >= 15 is 0 Å². The van der Waals surface area contributed by atoms with Crippen LogP contribution >= 0.6 is 11.3 Å². The molecule has 6 nitrogen and oxygen atoms in total. The quantitative estimate of drug-likeness (QED) is 0.676. The lowest BCUT2D eigenvalue weighted by atomic mass is 9.85. The molecule has 7 heteroatoms. The van der Waals surface area contributed by atoms with Crippen molar-refractivity contribution in [2.45, 2.75) is 39.2 Å². The Bertz CT molecular complexity index is 811. The Hall–Kier alpha value is -2.67. The van der Waals surface area contributed by atoms with E-state index in [0.717, 1.165) is 0 Å². The highest BCUT2D eigenvalue weighted by Crippen LogP contribution is 2.25. The molecule has 144 valence electrons. The minimum atomic E-state index is -1.02. The van der Waals surface area contributed by atoms with E-state index in [1.165, 1.54) is 11.3 Å². The van der Waals surface area contributed by atoms with Gasteiger partial charge < -0.3 is 15.7 Å². The van der Waals surface area contributed by atoms with Crippen LogP contribution in [-0.2, 0) is 15.0 Å². The number of nitrogens with one attached hydrogen (secondary N) is 2. The van der Waals surface area contributed by atoms with Gasteiger partial charge in [-0.05, 0) is 48.9 Å². The molecule has 2 rings (SSSR count). The molecule has 27 heavy (non-hydrogen) atoms. The maximum Gasteiger partial charge on any atom is 0.313 e. The Kier molecular flexibility index (Phi) is 6.38. The van der Waals surface area contributed by atoms with Crippen LogP contribution in [-0.4, -0.2) is 28.9 Å². The highest BCUT2D eigenvalue weighted by Gasteiger charge is 2.29. The fourth-order valence-electron chi connectivity index (χ4n) is 2.47. The average molecular weight is 388 g/mol. The van der Waals surface area contributed by atoms with Crippen molar-refractivity contribution in [1.82, 2.24) is 5.32 Å². The van der Waals surface area contributed by atoms with Gasteiger partial charge in [-0.25, -0.2) is 0 Å². The first-order valence-electron chi connectivity index (χ1n) is 8.62. The number of carbonyl (C=O) groups excluding carboxylic acids is 2.